The molecule has 130 valence electrons. The second kappa shape index (κ2) is 7.36. The van der Waals surface area contributed by atoms with E-state index in [4.69, 9.17) is 14.1 Å². The molecule has 1 unspecified atom stereocenters. The number of hydrogen-bond donors (Lipinski definition) is 1. The molecule has 0 spiro atoms. The number of rotatable bonds is 5. The van der Waals surface area contributed by atoms with Gasteiger partial charge in [0, 0.05) is 18.2 Å². The molecule has 0 saturated carbocycles. The van der Waals surface area contributed by atoms with Gasteiger partial charge in [0.1, 0.15) is 11.5 Å². The minimum absolute atomic E-state index is 0.210. The normalized spacial score (nSPS) is 18.8. The summed E-state index contributed by atoms with van der Waals surface area (Å²) in [4.78, 5) is 7.03. The molecule has 5 heteroatoms. The number of nitrogens with zero attached hydrogens (tertiary/aromatic N) is 2. The van der Waals surface area contributed by atoms with Gasteiger partial charge in [-0.1, -0.05) is 6.42 Å². The summed E-state index contributed by atoms with van der Waals surface area (Å²) in [6.45, 7) is 5.92. The molecule has 1 fully saturated rings. The van der Waals surface area contributed by atoms with Crippen molar-refractivity contribution in [3.8, 4) is 17.2 Å². The SMILES string of the molecule is COc1ccc(-c2nc(CN3CCCCC3CO)c(C)o2)cc1C. The Morgan fingerprint density at radius 1 is 1.33 bits per heavy atom. The molecule has 1 N–H and O–H groups in total. The molecule has 2 aromatic rings. The maximum atomic E-state index is 9.57. The Balaban J connectivity index is 1.81. The number of aliphatic hydroxyl groups excluding tert-OH is 1. The topological polar surface area (TPSA) is 58.7 Å². The lowest BCUT2D eigenvalue weighted by molar-refractivity contribution is 0.0828. The molecule has 1 atom stereocenters. The Morgan fingerprint density at radius 3 is 2.88 bits per heavy atom. The van der Waals surface area contributed by atoms with Crippen molar-refractivity contribution in [1.82, 2.24) is 9.88 Å². The Morgan fingerprint density at radius 2 is 2.17 bits per heavy atom. The van der Waals surface area contributed by atoms with Crippen molar-refractivity contribution < 1.29 is 14.3 Å². The fourth-order valence-electron chi connectivity index (χ4n) is 3.38. The highest BCUT2D eigenvalue weighted by Gasteiger charge is 2.24. The minimum atomic E-state index is 0.210. The van der Waals surface area contributed by atoms with Crippen LogP contribution in [0, 0.1) is 13.8 Å². The second-order valence-corrected chi connectivity index (χ2v) is 6.51. The predicted molar refractivity (Wildman–Crippen MR) is 93.1 cm³/mol. The van der Waals surface area contributed by atoms with Gasteiger partial charge in [-0.25, -0.2) is 4.98 Å². The molecule has 2 heterocycles. The van der Waals surface area contributed by atoms with Crippen molar-refractivity contribution in [2.75, 3.05) is 20.3 Å². The largest absolute Gasteiger partial charge is 0.496 e. The third-order valence-corrected chi connectivity index (χ3v) is 4.85. The summed E-state index contributed by atoms with van der Waals surface area (Å²) >= 11 is 0. The van der Waals surface area contributed by atoms with E-state index < -0.39 is 0 Å². The monoisotopic (exact) mass is 330 g/mol. The van der Waals surface area contributed by atoms with E-state index in [1.165, 1.54) is 12.8 Å². The molecule has 1 aliphatic rings. The van der Waals surface area contributed by atoms with Gasteiger partial charge in [0.25, 0.3) is 0 Å². The van der Waals surface area contributed by atoms with Crippen LogP contribution in [-0.2, 0) is 6.54 Å². The lowest BCUT2D eigenvalue weighted by atomic mass is 10.0. The Labute approximate surface area is 143 Å². The van der Waals surface area contributed by atoms with Crippen LogP contribution in [0.1, 0.15) is 36.3 Å². The van der Waals surface area contributed by atoms with E-state index in [9.17, 15) is 5.11 Å². The van der Waals surface area contributed by atoms with E-state index in [0.717, 1.165) is 47.8 Å². The predicted octanol–water partition coefficient (Wildman–Crippen LogP) is 3.31. The number of piperidine rings is 1. The number of aryl methyl sites for hydroxylation is 2. The van der Waals surface area contributed by atoms with Gasteiger partial charge in [0.2, 0.25) is 5.89 Å². The number of oxazole rings is 1. The van der Waals surface area contributed by atoms with Crippen molar-refractivity contribution in [3.63, 3.8) is 0 Å². The smallest absolute Gasteiger partial charge is 0.226 e. The minimum Gasteiger partial charge on any atom is -0.496 e. The zero-order valence-corrected chi connectivity index (χ0v) is 14.7. The molecule has 3 rings (SSSR count). The summed E-state index contributed by atoms with van der Waals surface area (Å²) in [7, 11) is 1.67. The summed E-state index contributed by atoms with van der Waals surface area (Å²) < 4.78 is 11.2. The van der Waals surface area contributed by atoms with Gasteiger partial charge in [-0.3, -0.25) is 4.90 Å². The Bertz CT molecular complexity index is 696. The average Bonchev–Trinajstić information content (AvgIpc) is 2.96. The van der Waals surface area contributed by atoms with E-state index in [2.05, 4.69) is 4.90 Å². The van der Waals surface area contributed by atoms with Gasteiger partial charge in [-0.2, -0.15) is 0 Å². The average molecular weight is 330 g/mol. The van der Waals surface area contributed by atoms with Gasteiger partial charge in [0.15, 0.2) is 0 Å². The summed E-state index contributed by atoms with van der Waals surface area (Å²) in [5.74, 6) is 2.35. The van der Waals surface area contributed by atoms with E-state index in [1.54, 1.807) is 7.11 Å². The maximum Gasteiger partial charge on any atom is 0.226 e. The summed E-state index contributed by atoms with van der Waals surface area (Å²) in [6, 6.07) is 6.18. The molecule has 24 heavy (non-hydrogen) atoms. The van der Waals surface area contributed by atoms with Crippen molar-refractivity contribution in [2.45, 2.75) is 45.7 Å². The highest BCUT2D eigenvalue weighted by Crippen LogP contribution is 2.28. The zero-order chi connectivity index (χ0) is 17.1. The van der Waals surface area contributed by atoms with Crippen LogP contribution in [0.2, 0.25) is 0 Å². The van der Waals surface area contributed by atoms with Crippen LogP contribution in [0.15, 0.2) is 22.6 Å². The second-order valence-electron chi connectivity index (χ2n) is 6.51. The molecule has 1 saturated heterocycles. The quantitative estimate of drug-likeness (QED) is 0.911. The first-order valence-corrected chi connectivity index (χ1v) is 8.58. The molecule has 1 aliphatic heterocycles. The number of aliphatic hydroxyl groups is 1. The molecular weight excluding hydrogens is 304 g/mol. The number of aromatic nitrogens is 1. The molecular formula is C19H26N2O3. The fraction of sp³-hybridized carbons (Fsp3) is 0.526. The van der Waals surface area contributed by atoms with Gasteiger partial charge in [-0.15, -0.1) is 0 Å². The van der Waals surface area contributed by atoms with Crippen LogP contribution in [0.25, 0.3) is 11.5 Å². The molecule has 0 amide bonds. The van der Waals surface area contributed by atoms with Crippen LogP contribution in [-0.4, -0.2) is 41.3 Å². The lowest BCUT2D eigenvalue weighted by Gasteiger charge is -2.33. The number of ether oxygens (including phenoxy) is 1. The number of likely N-dealkylation sites (tertiary alicyclic amines) is 1. The molecule has 0 bridgehead atoms. The van der Waals surface area contributed by atoms with Crippen molar-refractivity contribution in [3.05, 3.63) is 35.2 Å². The van der Waals surface area contributed by atoms with Crippen LogP contribution >= 0.6 is 0 Å². The first-order chi connectivity index (χ1) is 11.6. The van der Waals surface area contributed by atoms with Crippen LogP contribution in [0.4, 0.5) is 0 Å². The van der Waals surface area contributed by atoms with Gasteiger partial charge < -0.3 is 14.3 Å². The van der Waals surface area contributed by atoms with Crippen molar-refractivity contribution in [2.24, 2.45) is 0 Å². The highest BCUT2D eigenvalue weighted by atomic mass is 16.5. The molecule has 1 aromatic heterocycles. The number of benzene rings is 1. The van der Waals surface area contributed by atoms with Gasteiger partial charge >= 0.3 is 0 Å². The van der Waals surface area contributed by atoms with Gasteiger partial charge in [0.05, 0.1) is 19.4 Å². The van der Waals surface area contributed by atoms with Crippen LogP contribution in [0.5, 0.6) is 5.75 Å². The molecule has 0 aliphatic carbocycles. The third-order valence-electron chi connectivity index (χ3n) is 4.85. The summed E-state index contributed by atoms with van der Waals surface area (Å²) in [5, 5.41) is 9.57. The van der Waals surface area contributed by atoms with E-state index in [1.807, 2.05) is 32.0 Å². The highest BCUT2D eigenvalue weighted by molar-refractivity contribution is 5.57. The first kappa shape index (κ1) is 17.0. The van der Waals surface area contributed by atoms with Crippen molar-refractivity contribution >= 4 is 0 Å². The van der Waals surface area contributed by atoms with E-state index in [0.29, 0.717) is 5.89 Å². The maximum absolute atomic E-state index is 9.57. The Hall–Kier alpha value is -1.85. The third kappa shape index (κ3) is 3.47. The summed E-state index contributed by atoms with van der Waals surface area (Å²) in [6.07, 6.45) is 3.42. The standard InChI is InChI=1S/C19H26N2O3/c1-13-10-15(7-8-18(13)23-3)19-20-17(14(2)24-19)11-21-9-5-4-6-16(21)12-22/h7-8,10,16,22H,4-6,9,11-12H2,1-3H3. The first-order valence-electron chi connectivity index (χ1n) is 8.58. The summed E-state index contributed by atoms with van der Waals surface area (Å²) in [5.41, 5.74) is 2.97. The molecule has 1 aromatic carbocycles. The Kier molecular flexibility index (Phi) is 5.21. The fourth-order valence-corrected chi connectivity index (χ4v) is 3.38. The number of hydrogen-bond acceptors (Lipinski definition) is 5. The van der Waals surface area contributed by atoms with Crippen LogP contribution in [0.3, 0.4) is 0 Å². The van der Waals surface area contributed by atoms with Gasteiger partial charge in [-0.05, 0) is 57.0 Å². The molecule has 5 nitrogen and oxygen atoms in total. The van der Waals surface area contributed by atoms with E-state index in [-0.39, 0.29) is 12.6 Å². The van der Waals surface area contributed by atoms with Crippen molar-refractivity contribution in [1.29, 1.82) is 0 Å². The zero-order valence-electron chi connectivity index (χ0n) is 14.7. The van der Waals surface area contributed by atoms with E-state index >= 15 is 0 Å². The number of methoxy groups -OCH3 is 1. The molecule has 0 radical (unpaired) electrons. The van der Waals surface area contributed by atoms with Crippen LogP contribution < -0.4 is 4.74 Å². The lowest BCUT2D eigenvalue weighted by Crippen LogP contribution is -2.41.